The first-order chi connectivity index (χ1) is 12.6. The minimum atomic E-state index is 0.0132. The Bertz CT molecular complexity index is 1110. The van der Waals surface area contributed by atoms with Gasteiger partial charge in [-0.05, 0) is 36.5 Å². The Hall–Kier alpha value is -2.47. The third kappa shape index (κ3) is 2.25. The van der Waals surface area contributed by atoms with Gasteiger partial charge in [-0.2, -0.15) is 0 Å². The molecule has 0 radical (unpaired) electrons. The summed E-state index contributed by atoms with van der Waals surface area (Å²) < 4.78 is 1.77. The Morgan fingerprint density at radius 3 is 2.81 bits per heavy atom. The molecule has 0 spiro atoms. The Labute approximate surface area is 154 Å². The Morgan fingerprint density at radius 1 is 1.15 bits per heavy atom. The highest BCUT2D eigenvalue weighted by Gasteiger charge is 2.27. The molecule has 0 bridgehead atoms. The van der Waals surface area contributed by atoms with Crippen LogP contribution in [0.15, 0.2) is 29.1 Å². The fourth-order valence-corrected chi connectivity index (χ4v) is 5.25. The van der Waals surface area contributed by atoms with Crippen molar-refractivity contribution >= 4 is 27.5 Å². The van der Waals surface area contributed by atoms with Crippen LogP contribution in [0, 0.1) is 6.92 Å². The highest BCUT2D eigenvalue weighted by atomic mass is 32.1. The number of aromatic nitrogens is 2. The second-order valence-corrected chi connectivity index (χ2v) is 8.07. The number of carbonyl (C=O) groups is 1. The predicted molar refractivity (Wildman–Crippen MR) is 102 cm³/mol. The standard InChI is InChI=1S/C20H19N3O2S/c1-12-16-18(21-15-7-4-9-23(15)19(16)24)26-17(12)20(25)22-10-8-13-5-2-3-6-14(13)11-22/h2-3,5-6H,4,7-11H2,1H3. The van der Waals surface area contributed by atoms with Crippen LogP contribution in [0.1, 0.15) is 38.6 Å². The van der Waals surface area contributed by atoms with E-state index in [0.717, 1.165) is 37.2 Å². The van der Waals surface area contributed by atoms with E-state index in [2.05, 4.69) is 17.1 Å². The summed E-state index contributed by atoms with van der Waals surface area (Å²) >= 11 is 1.37. The largest absolute Gasteiger partial charge is 0.333 e. The van der Waals surface area contributed by atoms with Crippen molar-refractivity contribution in [2.45, 2.75) is 39.3 Å². The minimum absolute atomic E-state index is 0.0132. The number of rotatable bonds is 1. The van der Waals surface area contributed by atoms with E-state index in [1.807, 2.05) is 24.0 Å². The lowest BCUT2D eigenvalue weighted by molar-refractivity contribution is 0.0739. The topological polar surface area (TPSA) is 55.2 Å². The average Bonchev–Trinajstić information content (AvgIpc) is 3.26. The van der Waals surface area contributed by atoms with E-state index < -0.39 is 0 Å². The van der Waals surface area contributed by atoms with Crippen molar-refractivity contribution < 1.29 is 4.79 Å². The molecule has 2 aliphatic heterocycles. The molecule has 0 N–H and O–H groups in total. The normalized spacial score (nSPS) is 16.0. The maximum absolute atomic E-state index is 13.2. The average molecular weight is 365 g/mol. The molecule has 0 fully saturated rings. The third-order valence-electron chi connectivity index (χ3n) is 5.52. The van der Waals surface area contributed by atoms with Crippen molar-refractivity contribution in [3.8, 4) is 0 Å². The van der Waals surface area contributed by atoms with Crippen LogP contribution in [0.5, 0.6) is 0 Å². The van der Waals surface area contributed by atoms with Crippen LogP contribution in [0.2, 0.25) is 0 Å². The van der Waals surface area contributed by atoms with Gasteiger partial charge in [0.25, 0.3) is 11.5 Å². The number of carbonyl (C=O) groups excluding carboxylic acids is 1. The molecule has 2 aliphatic rings. The molecule has 26 heavy (non-hydrogen) atoms. The van der Waals surface area contributed by atoms with E-state index in [1.165, 1.54) is 22.5 Å². The first kappa shape index (κ1) is 15.8. The lowest BCUT2D eigenvalue weighted by Gasteiger charge is -2.28. The fraction of sp³-hybridized carbons (Fsp3) is 0.350. The molecule has 5 rings (SSSR count). The van der Waals surface area contributed by atoms with Gasteiger partial charge in [-0.25, -0.2) is 4.98 Å². The smallest absolute Gasteiger partial charge is 0.264 e. The van der Waals surface area contributed by atoms with Crippen LogP contribution in [0.25, 0.3) is 10.2 Å². The van der Waals surface area contributed by atoms with Gasteiger partial charge in [0.2, 0.25) is 0 Å². The molecule has 0 saturated carbocycles. The highest BCUT2D eigenvalue weighted by molar-refractivity contribution is 7.20. The molecule has 0 saturated heterocycles. The number of aryl methyl sites for hydroxylation is 2. The number of fused-ring (bicyclic) bond motifs is 3. The van der Waals surface area contributed by atoms with Crippen LogP contribution in [0.3, 0.4) is 0 Å². The fourth-order valence-electron chi connectivity index (χ4n) is 4.09. The summed E-state index contributed by atoms with van der Waals surface area (Å²) in [6.45, 7) is 3.96. The van der Waals surface area contributed by atoms with Gasteiger partial charge < -0.3 is 4.90 Å². The summed E-state index contributed by atoms with van der Waals surface area (Å²) in [5, 5.41) is 0.626. The predicted octanol–water partition coefficient (Wildman–Crippen LogP) is 2.91. The van der Waals surface area contributed by atoms with Crippen LogP contribution in [0.4, 0.5) is 0 Å². The summed E-state index contributed by atoms with van der Waals surface area (Å²) in [5.74, 6) is 0.874. The molecule has 0 unspecified atom stereocenters. The van der Waals surface area contributed by atoms with Crippen LogP contribution >= 0.6 is 11.3 Å². The summed E-state index contributed by atoms with van der Waals surface area (Å²) in [5.41, 5.74) is 3.33. The van der Waals surface area contributed by atoms with Crippen molar-refractivity contribution in [2.24, 2.45) is 0 Å². The number of benzene rings is 1. The molecule has 1 amide bonds. The minimum Gasteiger partial charge on any atom is -0.333 e. The summed E-state index contributed by atoms with van der Waals surface area (Å²) in [7, 11) is 0. The van der Waals surface area contributed by atoms with Gasteiger partial charge in [0.15, 0.2) is 0 Å². The molecular weight excluding hydrogens is 346 g/mol. The summed E-state index contributed by atoms with van der Waals surface area (Å²) in [4.78, 5) is 33.9. The van der Waals surface area contributed by atoms with E-state index in [4.69, 9.17) is 0 Å². The number of hydrogen-bond donors (Lipinski definition) is 0. The lowest BCUT2D eigenvalue weighted by Crippen LogP contribution is -2.35. The van der Waals surface area contributed by atoms with E-state index in [1.54, 1.807) is 4.57 Å². The van der Waals surface area contributed by atoms with Gasteiger partial charge in [-0.3, -0.25) is 14.2 Å². The van der Waals surface area contributed by atoms with E-state index in [0.29, 0.717) is 28.2 Å². The first-order valence-corrected chi connectivity index (χ1v) is 9.84. The quantitative estimate of drug-likeness (QED) is 0.666. The monoisotopic (exact) mass is 365 g/mol. The molecule has 4 heterocycles. The van der Waals surface area contributed by atoms with Gasteiger partial charge in [0.05, 0.1) is 10.3 Å². The Kier molecular flexibility index (Phi) is 3.50. The van der Waals surface area contributed by atoms with Gasteiger partial charge in [0.1, 0.15) is 10.7 Å². The highest BCUT2D eigenvalue weighted by Crippen LogP contribution is 2.31. The molecule has 0 aliphatic carbocycles. The number of amides is 1. The van der Waals surface area contributed by atoms with Crippen molar-refractivity contribution in [1.29, 1.82) is 0 Å². The molecule has 2 aromatic heterocycles. The van der Waals surface area contributed by atoms with E-state index in [-0.39, 0.29) is 11.5 Å². The van der Waals surface area contributed by atoms with Gasteiger partial charge in [0, 0.05) is 26.1 Å². The molecular formula is C20H19N3O2S. The first-order valence-electron chi connectivity index (χ1n) is 9.02. The van der Waals surface area contributed by atoms with Gasteiger partial charge in [-0.1, -0.05) is 24.3 Å². The number of thiophene rings is 1. The second-order valence-electron chi connectivity index (χ2n) is 7.07. The van der Waals surface area contributed by atoms with E-state index in [9.17, 15) is 9.59 Å². The molecule has 0 atom stereocenters. The zero-order chi connectivity index (χ0) is 17.8. The molecule has 5 nitrogen and oxygen atoms in total. The zero-order valence-corrected chi connectivity index (χ0v) is 15.4. The van der Waals surface area contributed by atoms with E-state index >= 15 is 0 Å². The SMILES string of the molecule is Cc1c(C(=O)N2CCc3ccccc3C2)sc2nc3n(c(=O)c12)CCC3. The maximum atomic E-state index is 13.2. The van der Waals surface area contributed by atoms with Crippen LogP contribution in [-0.2, 0) is 25.9 Å². The van der Waals surface area contributed by atoms with Gasteiger partial charge in [-0.15, -0.1) is 11.3 Å². The lowest BCUT2D eigenvalue weighted by atomic mass is 9.99. The van der Waals surface area contributed by atoms with Crippen molar-refractivity contribution in [2.75, 3.05) is 6.54 Å². The third-order valence-corrected chi connectivity index (χ3v) is 6.70. The summed E-state index contributed by atoms with van der Waals surface area (Å²) in [6, 6.07) is 8.29. The van der Waals surface area contributed by atoms with Crippen molar-refractivity contribution in [1.82, 2.24) is 14.5 Å². The second kappa shape index (κ2) is 5.77. The molecule has 1 aromatic carbocycles. The van der Waals surface area contributed by atoms with Gasteiger partial charge >= 0.3 is 0 Å². The molecule has 6 heteroatoms. The number of nitrogens with zero attached hydrogens (tertiary/aromatic N) is 3. The zero-order valence-electron chi connectivity index (χ0n) is 14.6. The Balaban J connectivity index is 1.56. The van der Waals surface area contributed by atoms with Crippen molar-refractivity contribution in [3.05, 3.63) is 62.0 Å². The van der Waals surface area contributed by atoms with Crippen molar-refractivity contribution in [3.63, 3.8) is 0 Å². The maximum Gasteiger partial charge on any atom is 0.264 e. The van der Waals surface area contributed by atoms with Crippen LogP contribution in [-0.4, -0.2) is 26.9 Å². The molecule has 3 aromatic rings. The summed E-state index contributed by atoms with van der Waals surface area (Å²) in [6.07, 6.45) is 2.69. The molecule has 132 valence electrons. The van der Waals surface area contributed by atoms with Crippen LogP contribution < -0.4 is 5.56 Å². The number of hydrogen-bond acceptors (Lipinski definition) is 4. The Morgan fingerprint density at radius 2 is 1.96 bits per heavy atom.